The summed E-state index contributed by atoms with van der Waals surface area (Å²) in [6.07, 6.45) is 1.64. The number of nitrogens with one attached hydrogen (secondary N) is 1. The molecule has 0 fully saturated rings. The molecule has 110 valence electrons. The fourth-order valence-electron chi connectivity index (χ4n) is 1.76. The fourth-order valence-corrected chi connectivity index (χ4v) is 2.05. The van der Waals surface area contributed by atoms with Gasteiger partial charge in [-0.15, -0.1) is 0 Å². The topological polar surface area (TPSA) is 42.8 Å². The Hall–Kier alpha value is -1.91. The van der Waals surface area contributed by atoms with Gasteiger partial charge in [-0.1, -0.05) is 29.3 Å². The van der Waals surface area contributed by atoms with Crippen molar-refractivity contribution in [2.24, 2.45) is 5.10 Å². The summed E-state index contributed by atoms with van der Waals surface area (Å²) in [5, 5.41) is 5.12. The average molecular weight is 325 g/mol. The molecular weight excluding hydrogens is 311 g/mol. The maximum absolute atomic E-state index is 5.94. The minimum absolute atomic E-state index is 0.468. The van der Waals surface area contributed by atoms with Crippen molar-refractivity contribution in [1.82, 2.24) is 0 Å². The molecule has 0 aliphatic carbocycles. The van der Waals surface area contributed by atoms with E-state index in [-0.39, 0.29) is 0 Å². The molecule has 0 atom stereocenters. The summed E-state index contributed by atoms with van der Waals surface area (Å²) in [4.78, 5) is 0. The first kappa shape index (κ1) is 15.5. The molecule has 0 heterocycles. The van der Waals surface area contributed by atoms with Crippen LogP contribution in [-0.2, 0) is 0 Å². The Bertz CT molecular complexity index is 660. The molecule has 0 aliphatic rings. The summed E-state index contributed by atoms with van der Waals surface area (Å²) in [6.45, 7) is 0. The van der Waals surface area contributed by atoms with E-state index in [0.717, 1.165) is 11.3 Å². The number of benzene rings is 2. The Kier molecular flexibility index (Phi) is 5.31. The van der Waals surface area contributed by atoms with Gasteiger partial charge in [0.15, 0.2) is 11.5 Å². The highest BCUT2D eigenvalue weighted by Crippen LogP contribution is 2.29. The minimum Gasteiger partial charge on any atom is -0.493 e. The molecule has 0 saturated carbocycles. The van der Waals surface area contributed by atoms with Crippen LogP contribution >= 0.6 is 23.2 Å². The van der Waals surface area contributed by atoms with Gasteiger partial charge in [0.25, 0.3) is 0 Å². The van der Waals surface area contributed by atoms with Gasteiger partial charge in [0.1, 0.15) is 0 Å². The van der Waals surface area contributed by atoms with Crippen LogP contribution in [0.25, 0.3) is 0 Å². The Labute approximate surface area is 133 Å². The monoisotopic (exact) mass is 324 g/mol. The lowest BCUT2D eigenvalue weighted by molar-refractivity contribution is 0.354. The zero-order chi connectivity index (χ0) is 15.2. The number of para-hydroxylation sites is 1. The Balaban J connectivity index is 2.16. The first-order valence-electron chi connectivity index (χ1n) is 6.11. The lowest BCUT2D eigenvalue weighted by atomic mass is 10.2. The largest absolute Gasteiger partial charge is 0.493 e. The molecule has 1 N–H and O–H groups in total. The number of rotatable bonds is 5. The van der Waals surface area contributed by atoms with Gasteiger partial charge in [-0.2, -0.15) is 5.10 Å². The quantitative estimate of drug-likeness (QED) is 0.652. The number of methoxy groups -OCH3 is 2. The highest BCUT2D eigenvalue weighted by atomic mass is 35.5. The van der Waals surface area contributed by atoms with E-state index in [4.69, 9.17) is 32.7 Å². The molecule has 0 amide bonds. The molecule has 0 aliphatic heterocycles. The van der Waals surface area contributed by atoms with Gasteiger partial charge in [-0.3, -0.25) is 5.43 Å². The molecule has 0 spiro atoms. The van der Waals surface area contributed by atoms with Gasteiger partial charge in [-0.25, -0.2) is 0 Å². The fraction of sp³-hybridized carbons (Fsp3) is 0.133. The minimum atomic E-state index is 0.468. The van der Waals surface area contributed by atoms with Gasteiger partial charge >= 0.3 is 0 Å². The zero-order valence-corrected chi connectivity index (χ0v) is 13.1. The predicted octanol–water partition coefficient (Wildman–Crippen LogP) is 4.46. The molecule has 2 rings (SSSR count). The second kappa shape index (κ2) is 7.20. The van der Waals surface area contributed by atoms with Crippen LogP contribution in [0, 0.1) is 0 Å². The summed E-state index contributed by atoms with van der Waals surface area (Å²) >= 11 is 11.8. The van der Waals surface area contributed by atoms with E-state index in [1.807, 2.05) is 18.2 Å². The number of hydrazone groups is 1. The highest BCUT2D eigenvalue weighted by molar-refractivity contribution is 6.42. The van der Waals surface area contributed by atoms with E-state index >= 15 is 0 Å². The van der Waals surface area contributed by atoms with Crippen molar-refractivity contribution in [2.45, 2.75) is 0 Å². The first-order valence-corrected chi connectivity index (χ1v) is 6.86. The SMILES string of the molecule is COc1cccc(/C=N\Nc2ccc(Cl)c(Cl)c2)c1OC. The van der Waals surface area contributed by atoms with Crippen molar-refractivity contribution in [1.29, 1.82) is 0 Å². The van der Waals surface area contributed by atoms with Crippen LogP contribution in [-0.4, -0.2) is 20.4 Å². The highest BCUT2D eigenvalue weighted by Gasteiger charge is 2.07. The molecular formula is C15H14Cl2N2O2. The van der Waals surface area contributed by atoms with Crippen LogP contribution in [0.1, 0.15) is 5.56 Å². The average Bonchev–Trinajstić information content (AvgIpc) is 2.50. The molecule has 0 radical (unpaired) electrons. The lowest BCUT2D eigenvalue weighted by Crippen LogP contribution is -1.96. The molecule has 6 heteroatoms. The van der Waals surface area contributed by atoms with Crippen LogP contribution < -0.4 is 14.9 Å². The van der Waals surface area contributed by atoms with Crippen molar-refractivity contribution in [2.75, 3.05) is 19.6 Å². The van der Waals surface area contributed by atoms with E-state index in [1.54, 1.807) is 38.6 Å². The number of halogens is 2. The number of anilines is 1. The third-order valence-corrected chi connectivity index (χ3v) is 3.49. The van der Waals surface area contributed by atoms with Crippen molar-refractivity contribution in [3.8, 4) is 11.5 Å². The summed E-state index contributed by atoms with van der Waals surface area (Å²) in [7, 11) is 3.17. The Morgan fingerprint density at radius 2 is 1.86 bits per heavy atom. The van der Waals surface area contributed by atoms with Crippen LogP contribution in [0.3, 0.4) is 0 Å². The maximum atomic E-state index is 5.94. The molecule has 0 unspecified atom stereocenters. The van der Waals surface area contributed by atoms with Crippen molar-refractivity contribution in [3.63, 3.8) is 0 Å². The molecule has 2 aromatic rings. The molecule has 2 aromatic carbocycles. The van der Waals surface area contributed by atoms with E-state index in [0.29, 0.717) is 21.5 Å². The predicted molar refractivity (Wildman–Crippen MR) is 87.2 cm³/mol. The van der Waals surface area contributed by atoms with E-state index < -0.39 is 0 Å². The summed E-state index contributed by atoms with van der Waals surface area (Å²) in [6, 6.07) is 10.7. The third kappa shape index (κ3) is 3.80. The maximum Gasteiger partial charge on any atom is 0.169 e. The first-order chi connectivity index (χ1) is 10.2. The molecule has 0 aromatic heterocycles. The lowest BCUT2D eigenvalue weighted by Gasteiger charge is -2.09. The van der Waals surface area contributed by atoms with Crippen molar-refractivity contribution in [3.05, 3.63) is 52.0 Å². The van der Waals surface area contributed by atoms with E-state index in [1.165, 1.54) is 0 Å². The smallest absolute Gasteiger partial charge is 0.169 e. The van der Waals surface area contributed by atoms with Crippen molar-refractivity contribution >= 4 is 35.1 Å². The Morgan fingerprint density at radius 3 is 2.52 bits per heavy atom. The number of hydrogen-bond donors (Lipinski definition) is 1. The molecule has 21 heavy (non-hydrogen) atoms. The van der Waals surface area contributed by atoms with Crippen LogP contribution in [0.2, 0.25) is 10.0 Å². The zero-order valence-electron chi connectivity index (χ0n) is 11.6. The third-order valence-electron chi connectivity index (χ3n) is 2.75. The van der Waals surface area contributed by atoms with Crippen molar-refractivity contribution < 1.29 is 9.47 Å². The van der Waals surface area contributed by atoms with Gasteiger partial charge in [0.05, 0.1) is 36.2 Å². The second-order valence-electron chi connectivity index (χ2n) is 4.08. The standard InChI is InChI=1S/C15H14Cl2N2O2/c1-20-14-5-3-4-10(15(14)21-2)9-18-19-11-6-7-12(16)13(17)8-11/h3-9,19H,1-2H3/b18-9-. The normalized spacial score (nSPS) is 10.7. The summed E-state index contributed by atoms with van der Waals surface area (Å²) in [5.74, 6) is 1.27. The molecule has 4 nitrogen and oxygen atoms in total. The van der Waals surface area contributed by atoms with Gasteiger partial charge in [0, 0.05) is 5.56 Å². The summed E-state index contributed by atoms with van der Waals surface area (Å²) in [5.41, 5.74) is 4.41. The number of ether oxygens (including phenoxy) is 2. The number of hydrogen-bond acceptors (Lipinski definition) is 4. The Morgan fingerprint density at radius 1 is 1.05 bits per heavy atom. The van der Waals surface area contributed by atoms with Gasteiger partial charge in [-0.05, 0) is 30.3 Å². The number of nitrogens with zero attached hydrogens (tertiary/aromatic N) is 1. The molecule has 0 bridgehead atoms. The summed E-state index contributed by atoms with van der Waals surface area (Å²) < 4.78 is 10.6. The van der Waals surface area contributed by atoms with E-state index in [9.17, 15) is 0 Å². The van der Waals surface area contributed by atoms with Crippen LogP contribution in [0.15, 0.2) is 41.5 Å². The van der Waals surface area contributed by atoms with E-state index in [2.05, 4.69) is 10.5 Å². The molecule has 0 saturated heterocycles. The second-order valence-corrected chi connectivity index (χ2v) is 4.90. The van der Waals surface area contributed by atoms with Gasteiger partial charge in [0.2, 0.25) is 0 Å². The van der Waals surface area contributed by atoms with Gasteiger partial charge < -0.3 is 9.47 Å². The van der Waals surface area contributed by atoms with Crippen LogP contribution in [0.5, 0.6) is 11.5 Å². The van der Waals surface area contributed by atoms with Crippen LogP contribution in [0.4, 0.5) is 5.69 Å².